The Hall–Kier alpha value is -1.69. The monoisotopic (exact) mass is 340 g/mol. The number of anilines is 1. The van der Waals surface area contributed by atoms with Crippen molar-refractivity contribution in [2.75, 3.05) is 12.4 Å². The van der Waals surface area contributed by atoms with E-state index in [1.165, 1.54) is 0 Å². The van der Waals surface area contributed by atoms with Gasteiger partial charge in [0.15, 0.2) is 0 Å². The number of benzene rings is 1. The van der Waals surface area contributed by atoms with Crippen molar-refractivity contribution >= 4 is 11.7 Å². The van der Waals surface area contributed by atoms with Gasteiger partial charge in [0.1, 0.15) is 0 Å². The van der Waals surface area contributed by atoms with E-state index in [0.29, 0.717) is 18.5 Å². The first-order chi connectivity index (χ1) is 11.3. The normalized spacial score (nSPS) is 20.2. The summed E-state index contributed by atoms with van der Waals surface area (Å²) in [4.78, 5) is 12.1. The molecule has 2 N–H and O–H groups in total. The highest BCUT2D eigenvalue weighted by Crippen LogP contribution is 2.37. The summed E-state index contributed by atoms with van der Waals surface area (Å²) in [7, 11) is 1.63. The molecule has 24 heavy (non-hydrogen) atoms. The van der Waals surface area contributed by atoms with Crippen LogP contribution in [0.1, 0.15) is 51.2 Å². The average Bonchev–Trinajstić information content (AvgIpc) is 2.54. The zero-order valence-corrected chi connectivity index (χ0v) is 14.4. The largest absolute Gasteiger partial charge is 0.377 e. The smallest absolute Gasteiger partial charge is 0.319 e. The molecule has 1 fully saturated rings. The van der Waals surface area contributed by atoms with E-state index in [2.05, 4.69) is 10.6 Å². The molecule has 0 spiro atoms. The van der Waals surface area contributed by atoms with Crippen molar-refractivity contribution in [2.45, 2.75) is 57.6 Å². The number of methoxy groups -OCH3 is 1. The van der Waals surface area contributed by atoms with Crippen LogP contribution in [0.3, 0.4) is 0 Å². The van der Waals surface area contributed by atoms with Gasteiger partial charge in [-0.2, -0.15) is 0 Å². The second-order valence-corrected chi connectivity index (χ2v) is 6.58. The van der Waals surface area contributed by atoms with Gasteiger partial charge in [-0.1, -0.05) is 12.1 Å². The molecule has 1 aliphatic rings. The van der Waals surface area contributed by atoms with Crippen molar-refractivity contribution in [1.82, 2.24) is 5.32 Å². The number of urea groups is 1. The van der Waals surface area contributed by atoms with E-state index in [-0.39, 0.29) is 36.9 Å². The lowest BCUT2D eigenvalue weighted by Gasteiger charge is -2.32. The van der Waals surface area contributed by atoms with Crippen molar-refractivity contribution < 1.29 is 18.3 Å². The van der Waals surface area contributed by atoms with E-state index >= 15 is 0 Å². The van der Waals surface area contributed by atoms with Gasteiger partial charge in [0.25, 0.3) is 0 Å². The van der Waals surface area contributed by atoms with Crippen molar-refractivity contribution in [3.63, 3.8) is 0 Å². The molecule has 2 unspecified atom stereocenters. The fourth-order valence-corrected chi connectivity index (χ4v) is 3.06. The maximum atomic E-state index is 13.2. The van der Waals surface area contributed by atoms with E-state index in [0.717, 1.165) is 5.56 Å². The van der Waals surface area contributed by atoms with Crippen LogP contribution in [0.4, 0.5) is 19.3 Å². The van der Waals surface area contributed by atoms with Crippen LogP contribution >= 0.6 is 0 Å². The Morgan fingerprint density at radius 1 is 1.29 bits per heavy atom. The van der Waals surface area contributed by atoms with Crippen LogP contribution in [0.2, 0.25) is 0 Å². The van der Waals surface area contributed by atoms with E-state index in [1.54, 1.807) is 13.2 Å². The summed E-state index contributed by atoms with van der Waals surface area (Å²) < 4.78 is 31.7. The molecular weight excluding hydrogens is 314 g/mol. The first-order valence-electron chi connectivity index (χ1n) is 8.39. The average molecular weight is 340 g/mol. The Bertz CT molecular complexity index is 556. The molecule has 2 atom stereocenters. The van der Waals surface area contributed by atoms with Gasteiger partial charge >= 0.3 is 6.03 Å². The van der Waals surface area contributed by atoms with E-state index < -0.39 is 5.92 Å². The van der Waals surface area contributed by atoms with Crippen molar-refractivity contribution in [2.24, 2.45) is 5.92 Å². The molecule has 0 bridgehead atoms. The van der Waals surface area contributed by atoms with Gasteiger partial charge in [-0.25, -0.2) is 13.6 Å². The van der Waals surface area contributed by atoms with Crippen LogP contribution in [0.15, 0.2) is 24.3 Å². The highest BCUT2D eigenvalue weighted by Gasteiger charge is 2.36. The van der Waals surface area contributed by atoms with E-state index in [9.17, 15) is 13.6 Å². The SMILES string of the molecule is COC(C)c1cccc(NC(=O)NC(C)C2CCC(F)(F)CC2)c1. The number of rotatable bonds is 5. The summed E-state index contributed by atoms with van der Waals surface area (Å²) in [6, 6.07) is 7.00. The minimum absolute atomic E-state index is 0.0577. The standard InChI is InChI=1S/C18H26F2N2O2/c1-12(14-7-9-18(19,20)10-8-14)21-17(23)22-16-6-4-5-15(11-16)13(2)24-3/h4-6,11-14H,7-10H2,1-3H3,(H2,21,22,23). The maximum absolute atomic E-state index is 13.2. The summed E-state index contributed by atoms with van der Waals surface area (Å²) in [6.07, 6.45) is 0.632. The topological polar surface area (TPSA) is 50.4 Å². The fraction of sp³-hybridized carbons (Fsp3) is 0.611. The van der Waals surface area contributed by atoms with Crippen LogP contribution < -0.4 is 10.6 Å². The molecule has 134 valence electrons. The fourth-order valence-electron chi connectivity index (χ4n) is 3.06. The summed E-state index contributed by atoms with van der Waals surface area (Å²) in [6.45, 7) is 3.80. The van der Waals surface area contributed by atoms with Crippen LogP contribution in [-0.2, 0) is 4.74 Å². The molecule has 6 heteroatoms. The first-order valence-corrected chi connectivity index (χ1v) is 8.39. The number of alkyl halides is 2. The number of hydrogen-bond acceptors (Lipinski definition) is 2. The molecule has 0 aliphatic heterocycles. The Morgan fingerprint density at radius 3 is 2.58 bits per heavy atom. The molecule has 1 saturated carbocycles. The third kappa shape index (κ3) is 5.16. The van der Waals surface area contributed by atoms with Crippen LogP contribution in [0, 0.1) is 5.92 Å². The molecule has 4 nitrogen and oxygen atoms in total. The molecule has 1 aromatic carbocycles. The minimum Gasteiger partial charge on any atom is -0.377 e. The zero-order valence-electron chi connectivity index (χ0n) is 14.4. The number of carbonyl (C=O) groups is 1. The third-order valence-electron chi connectivity index (χ3n) is 4.80. The van der Waals surface area contributed by atoms with Crippen LogP contribution in [-0.4, -0.2) is 25.1 Å². The van der Waals surface area contributed by atoms with Gasteiger partial charge in [0.05, 0.1) is 6.10 Å². The molecular formula is C18H26F2N2O2. The second kappa shape index (κ2) is 7.92. The Balaban J connectivity index is 1.87. The summed E-state index contributed by atoms with van der Waals surface area (Å²) in [5, 5.41) is 5.66. The molecule has 0 heterocycles. The van der Waals surface area contributed by atoms with Crippen molar-refractivity contribution in [3.8, 4) is 0 Å². The summed E-state index contributed by atoms with van der Waals surface area (Å²) in [5.74, 6) is -2.45. The number of nitrogens with one attached hydrogen (secondary N) is 2. The number of ether oxygens (including phenoxy) is 1. The lowest BCUT2D eigenvalue weighted by atomic mass is 9.83. The molecule has 0 aromatic heterocycles. The van der Waals surface area contributed by atoms with Crippen molar-refractivity contribution in [3.05, 3.63) is 29.8 Å². The Labute approximate surface area is 142 Å². The zero-order chi connectivity index (χ0) is 17.7. The lowest BCUT2D eigenvalue weighted by Crippen LogP contribution is -2.42. The number of carbonyl (C=O) groups excluding carboxylic acids is 1. The van der Waals surface area contributed by atoms with Crippen LogP contribution in [0.25, 0.3) is 0 Å². The minimum atomic E-state index is -2.54. The van der Waals surface area contributed by atoms with Gasteiger partial charge in [-0.3, -0.25) is 0 Å². The molecule has 0 radical (unpaired) electrons. The van der Waals surface area contributed by atoms with Crippen LogP contribution in [0.5, 0.6) is 0 Å². The van der Waals surface area contributed by atoms with Gasteiger partial charge in [0, 0.05) is 31.7 Å². The Morgan fingerprint density at radius 2 is 1.96 bits per heavy atom. The highest BCUT2D eigenvalue weighted by atomic mass is 19.3. The quantitative estimate of drug-likeness (QED) is 0.814. The first kappa shape index (κ1) is 18.6. The summed E-state index contributed by atoms with van der Waals surface area (Å²) in [5.41, 5.74) is 1.65. The molecule has 2 amide bonds. The molecule has 1 aliphatic carbocycles. The van der Waals surface area contributed by atoms with E-state index in [1.807, 2.05) is 32.0 Å². The molecule has 2 rings (SSSR count). The second-order valence-electron chi connectivity index (χ2n) is 6.58. The van der Waals surface area contributed by atoms with E-state index in [4.69, 9.17) is 4.74 Å². The molecule has 0 saturated heterocycles. The number of halogens is 2. The van der Waals surface area contributed by atoms with Crippen molar-refractivity contribution in [1.29, 1.82) is 0 Å². The van der Waals surface area contributed by atoms with Gasteiger partial charge < -0.3 is 15.4 Å². The predicted molar refractivity (Wildman–Crippen MR) is 90.4 cm³/mol. The lowest BCUT2D eigenvalue weighted by molar-refractivity contribution is -0.0483. The maximum Gasteiger partial charge on any atom is 0.319 e. The van der Waals surface area contributed by atoms with Gasteiger partial charge in [0.2, 0.25) is 5.92 Å². The highest BCUT2D eigenvalue weighted by molar-refractivity contribution is 5.89. The van der Waals surface area contributed by atoms with Gasteiger partial charge in [-0.05, 0) is 50.3 Å². The predicted octanol–water partition coefficient (Wildman–Crippen LogP) is 4.73. The van der Waals surface area contributed by atoms with Gasteiger partial charge in [-0.15, -0.1) is 0 Å². The number of hydrogen-bond donors (Lipinski definition) is 2. The third-order valence-corrected chi connectivity index (χ3v) is 4.80. The number of amides is 2. The Kier molecular flexibility index (Phi) is 6.15. The summed E-state index contributed by atoms with van der Waals surface area (Å²) >= 11 is 0. The molecule has 1 aromatic rings.